The predicted molar refractivity (Wildman–Crippen MR) is 135 cm³/mol. The Morgan fingerprint density at radius 3 is 1.94 bits per heavy atom. The zero-order chi connectivity index (χ0) is 21.0. The lowest BCUT2D eigenvalue weighted by Crippen LogP contribution is -2.58. The summed E-state index contributed by atoms with van der Waals surface area (Å²) in [7, 11) is 0. The maximum absolute atomic E-state index is 6.11. The molecule has 1 aromatic heterocycles. The van der Waals surface area contributed by atoms with Gasteiger partial charge in [-0.15, -0.1) is 0 Å². The maximum atomic E-state index is 6.11. The number of fused-ring (bicyclic) bond motifs is 3. The summed E-state index contributed by atoms with van der Waals surface area (Å²) < 4.78 is 10.7. The van der Waals surface area contributed by atoms with Crippen LogP contribution in [0.1, 0.15) is 38.5 Å². The van der Waals surface area contributed by atoms with Gasteiger partial charge in [0.25, 0.3) is 0 Å². The van der Waals surface area contributed by atoms with E-state index in [1.165, 1.54) is 60.3 Å². The van der Waals surface area contributed by atoms with Crippen molar-refractivity contribution in [1.29, 1.82) is 0 Å². The molecule has 3 aromatic rings. The van der Waals surface area contributed by atoms with Crippen LogP contribution >= 0.6 is 31.9 Å². The van der Waals surface area contributed by atoms with Gasteiger partial charge in [-0.25, -0.2) is 0 Å². The molecule has 5 heteroatoms. The largest absolute Gasteiger partial charge is 0.378 e. The first kappa shape index (κ1) is 20.7. The highest BCUT2D eigenvalue weighted by atomic mass is 79.9. The minimum absolute atomic E-state index is 0.436. The number of ether oxygens (including phenoxy) is 1. The molecule has 3 nitrogen and oxygen atoms in total. The van der Waals surface area contributed by atoms with Gasteiger partial charge in [-0.3, -0.25) is 0 Å². The van der Waals surface area contributed by atoms with Crippen molar-refractivity contribution in [2.75, 3.05) is 19.8 Å². The smallest absolute Gasteiger partial charge is 0.0646 e. The first-order valence-electron chi connectivity index (χ1n) is 11.8. The van der Waals surface area contributed by atoms with E-state index in [4.69, 9.17) is 4.74 Å². The second kappa shape index (κ2) is 8.16. The zero-order valence-corrected chi connectivity index (χ0v) is 21.1. The molecular formula is C26H30Br2N2O. The number of halogens is 2. The SMILES string of the molecule is Brc1ccc2c(c1)c1cc(Br)ccc1n2CCOCCNC12CC3CC(CC(C3)C1)C2. The Kier molecular flexibility index (Phi) is 5.45. The average Bonchev–Trinajstić information content (AvgIpc) is 3.02. The van der Waals surface area contributed by atoms with Gasteiger partial charge < -0.3 is 14.6 Å². The summed E-state index contributed by atoms with van der Waals surface area (Å²) >= 11 is 7.26. The van der Waals surface area contributed by atoms with Crippen molar-refractivity contribution in [3.8, 4) is 0 Å². The molecule has 2 aromatic carbocycles. The Balaban J connectivity index is 1.08. The number of benzene rings is 2. The Morgan fingerprint density at radius 2 is 1.39 bits per heavy atom. The van der Waals surface area contributed by atoms with E-state index in [9.17, 15) is 0 Å². The lowest BCUT2D eigenvalue weighted by molar-refractivity contribution is -0.0229. The van der Waals surface area contributed by atoms with Crippen molar-refractivity contribution in [2.45, 2.75) is 50.6 Å². The van der Waals surface area contributed by atoms with E-state index in [1.807, 2.05) is 0 Å². The molecule has 0 radical (unpaired) electrons. The van der Waals surface area contributed by atoms with Gasteiger partial charge in [0.05, 0.1) is 13.2 Å². The predicted octanol–water partition coefficient (Wildman–Crippen LogP) is 6.89. The summed E-state index contributed by atoms with van der Waals surface area (Å²) in [5.41, 5.74) is 2.98. The van der Waals surface area contributed by atoms with Gasteiger partial charge in [0.1, 0.15) is 0 Å². The van der Waals surface area contributed by atoms with Crippen LogP contribution in [0.15, 0.2) is 45.3 Å². The van der Waals surface area contributed by atoms with Crippen LogP contribution in [-0.4, -0.2) is 29.9 Å². The number of nitrogens with one attached hydrogen (secondary N) is 1. The van der Waals surface area contributed by atoms with Crippen LogP contribution in [0, 0.1) is 17.8 Å². The van der Waals surface area contributed by atoms with Gasteiger partial charge in [0, 0.05) is 49.4 Å². The first-order valence-corrected chi connectivity index (χ1v) is 13.4. The number of nitrogens with zero attached hydrogens (tertiary/aromatic N) is 1. The minimum Gasteiger partial charge on any atom is -0.378 e. The fourth-order valence-electron chi connectivity index (χ4n) is 7.26. The highest BCUT2D eigenvalue weighted by Gasteiger charge is 2.50. The van der Waals surface area contributed by atoms with E-state index >= 15 is 0 Å². The molecule has 0 amide bonds. The quantitative estimate of drug-likeness (QED) is 0.327. The van der Waals surface area contributed by atoms with Crippen LogP contribution in [-0.2, 0) is 11.3 Å². The second-order valence-electron chi connectivity index (χ2n) is 10.2. The fraction of sp³-hybridized carbons (Fsp3) is 0.538. The number of aromatic nitrogens is 1. The molecule has 4 bridgehead atoms. The van der Waals surface area contributed by atoms with E-state index in [2.05, 4.69) is 78.1 Å². The third kappa shape index (κ3) is 3.90. The summed E-state index contributed by atoms with van der Waals surface area (Å²) in [4.78, 5) is 0. The molecule has 164 valence electrons. The minimum atomic E-state index is 0.436. The Morgan fingerprint density at radius 1 is 0.839 bits per heavy atom. The van der Waals surface area contributed by atoms with Gasteiger partial charge >= 0.3 is 0 Å². The van der Waals surface area contributed by atoms with E-state index in [0.29, 0.717) is 5.54 Å². The molecule has 4 saturated carbocycles. The molecular weight excluding hydrogens is 516 g/mol. The van der Waals surface area contributed by atoms with Crippen LogP contribution < -0.4 is 5.32 Å². The average molecular weight is 546 g/mol. The van der Waals surface area contributed by atoms with Gasteiger partial charge in [0.15, 0.2) is 0 Å². The van der Waals surface area contributed by atoms with Gasteiger partial charge in [-0.1, -0.05) is 31.9 Å². The van der Waals surface area contributed by atoms with Crippen LogP contribution in [0.2, 0.25) is 0 Å². The normalized spacial score (nSPS) is 29.4. The molecule has 0 spiro atoms. The van der Waals surface area contributed by atoms with Crippen LogP contribution in [0.3, 0.4) is 0 Å². The maximum Gasteiger partial charge on any atom is 0.0646 e. The molecule has 31 heavy (non-hydrogen) atoms. The molecule has 0 atom stereocenters. The van der Waals surface area contributed by atoms with Gasteiger partial charge in [-0.2, -0.15) is 0 Å². The summed E-state index contributed by atoms with van der Waals surface area (Å²) in [5, 5.41) is 6.52. The summed E-state index contributed by atoms with van der Waals surface area (Å²) in [5.74, 6) is 2.99. The summed E-state index contributed by atoms with van der Waals surface area (Å²) in [6.07, 6.45) is 8.73. The topological polar surface area (TPSA) is 26.2 Å². The van der Waals surface area contributed by atoms with Crippen LogP contribution in [0.4, 0.5) is 0 Å². The third-order valence-corrected chi connectivity index (χ3v) is 9.02. The van der Waals surface area contributed by atoms with E-state index in [0.717, 1.165) is 53.0 Å². The number of hydrogen-bond acceptors (Lipinski definition) is 2. The molecule has 0 saturated heterocycles. The van der Waals surface area contributed by atoms with E-state index in [1.54, 1.807) is 0 Å². The molecule has 1 heterocycles. The standard InChI is InChI=1S/C26H30Br2N2O/c27-20-1-3-24-22(12-20)23-13-21(28)2-4-25(23)30(24)6-8-31-7-5-29-26-14-17-9-18(15-26)11-19(10-17)16-26/h1-4,12-13,17-19,29H,5-11,14-16H2. The van der Waals surface area contributed by atoms with Crippen LogP contribution in [0.25, 0.3) is 21.8 Å². The van der Waals surface area contributed by atoms with Crippen molar-refractivity contribution in [1.82, 2.24) is 9.88 Å². The molecule has 4 fully saturated rings. The fourth-order valence-corrected chi connectivity index (χ4v) is 7.98. The van der Waals surface area contributed by atoms with Gasteiger partial charge in [-0.05, 0) is 92.7 Å². The van der Waals surface area contributed by atoms with Crippen LogP contribution in [0.5, 0.6) is 0 Å². The van der Waals surface area contributed by atoms with Crippen molar-refractivity contribution in [3.05, 3.63) is 45.3 Å². The van der Waals surface area contributed by atoms with E-state index in [-0.39, 0.29) is 0 Å². The Labute approximate surface area is 201 Å². The summed E-state index contributed by atoms with van der Waals surface area (Å²) in [6, 6.07) is 13.1. The number of rotatable bonds is 7. The highest BCUT2D eigenvalue weighted by molar-refractivity contribution is 9.10. The lowest BCUT2D eigenvalue weighted by Gasteiger charge is -2.57. The molecule has 0 unspecified atom stereocenters. The molecule has 7 rings (SSSR count). The molecule has 1 N–H and O–H groups in total. The Bertz CT molecular complexity index is 1030. The van der Waals surface area contributed by atoms with Gasteiger partial charge in [0.2, 0.25) is 0 Å². The monoisotopic (exact) mass is 544 g/mol. The van der Waals surface area contributed by atoms with Crippen molar-refractivity contribution >= 4 is 53.7 Å². The number of hydrogen-bond donors (Lipinski definition) is 1. The van der Waals surface area contributed by atoms with Crippen molar-refractivity contribution in [3.63, 3.8) is 0 Å². The van der Waals surface area contributed by atoms with Crippen molar-refractivity contribution in [2.24, 2.45) is 17.8 Å². The molecule has 4 aliphatic rings. The highest BCUT2D eigenvalue weighted by Crippen LogP contribution is 2.55. The van der Waals surface area contributed by atoms with E-state index < -0.39 is 0 Å². The zero-order valence-electron chi connectivity index (χ0n) is 17.9. The first-order chi connectivity index (χ1) is 15.1. The van der Waals surface area contributed by atoms with Crippen molar-refractivity contribution < 1.29 is 4.74 Å². The third-order valence-electron chi connectivity index (χ3n) is 8.03. The summed E-state index contributed by atoms with van der Waals surface area (Å²) in [6.45, 7) is 3.41. The molecule has 0 aliphatic heterocycles. The second-order valence-corrected chi connectivity index (χ2v) is 12.0. The molecule has 4 aliphatic carbocycles. The lowest BCUT2D eigenvalue weighted by atomic mass is 9.53. The Hall–Kier alpha value is -0.880.